The molecule has 1 aliphatic rings. The smallest absolute Gasteiger partial charge is 0.0434 e. The fourth-order valence-electron chi connectivity index (χ4n) is 4.87. The van der Waals surface area contributed by atoms with Gasteiger partial charge >= 0.3 is 0 Å². The average molecular weight is 392 g/mol. The second-order valence-corrected chi connectivity index (χ2v) is 9.19. The Morgan fingerprint density at radius 3 is 2.07 bits per heavy atom. The van der Waals surface area contributed by atoms with Gasteiger partial charge in [-0.25, -0.2) is 0 Å². The Morgan fingerprint density at radius 1 is 0.724 bits per heavy atom. The third-order valence-corrected chi connectivity index (χ3v) is 6.87. The molecule has 1 heterocycles. The number of pyridine rings is 1. The van der Waals surface area contributed by atoms with Crippen LogP contribution in [0.1, 0.15) is 108 Å². The van der Waals surface area contributed by atoms with Crippen molar-refractivity contribution in [3.8, 4) is 11.1 Å². The molecule has 1 nitrogen and oxygen atoms in total. The normalized spacial score (nSPS) is 19.4. The Balaban J connectivity index is 1.49. The zero-order valence-electron chi connectivity index (χ0n) is 18.8. The van der Waals surface area contributed by atoms with Gasteiger partial charge < -0.3 is 0 Å². The molecule has 1 fully saturated rings. The SMILES string of the molecule is CCCCCCc1ccc(-c2ccc([C@H]3CC[C@H](CCCCC)CC3)nc2)cc1. The summed E-state index contributed by atoms with van der Waals surface area (Å²) in [6.45, 7) is 4.57. The summed E-state index contributed by atoms with van der Waals surface area (Å²) in [4.78, 5) is 4.87. The Hall–Kier alpha value is -1.63. The summed E-state index contributed by atoms with van der Waals surface area (Å²) in [6, 6.07) is 13.7. The highest BCUT2D eigenvalue weighted by atomic mass is 14.7. The number of aryl methyl sites for hydroxylation is 1. The van der Waals surface area contributed by atoms with E-state index in [2.05, 4.69) is 56.4 Å². The lowest BCUT2D eigenvalue weighted by atomic mass is 9.78. The van der Waals surface area contributed by atoms with Gasteiger partial charge in [0.2, 0.25) is 0 Å². The maximum atomic E-state index is 4.87. The first-order valence-corrected chi connectivity index (χ1v) is 12.4. The summed E-state index contributed by atoms with van der Waals surface area (Å²) < 4.78 is 0. The molecule has 0 unspecified atom stereocenters. The average Bonchev–Trinajstić information content (AvgIpc) is 2.78. The van der Waals surface area contributed by atoms with Crippen molar-refractivity contribution in [2.45, 2.75) is 103 Å². The molecule has 1 aromatic heterocycles. The van der Waals surface area contributed by atoms with E-state index in [9.17, 15) is 0 Å². The van der Waals surface area contributed by atoms with E-state index in [1.165, 1.54) is 106 Å². The first-order valence-electron chi connectivity index (χ1n) is 12.4. The van der Waals surface area contributed by atoms with E-state index in [0.717, 1.165) is 5.92 Å². The zero-order valence-corrected chi connectivity index (χ0v) is 18.8. The second kappa shape index (κ2) is 12.2. The van der Waals surface area contributed by atoms with Crippen molar-refractivity contribution < 1.29 is 0 Å². The summed E-state index contributed by atoms with van der Waals surface area (Å²) in [5.41, 5.74) is 5.32. The number of aromatic nitrogens is 1. The highest BCUT2D eigenvalue weighted by molar-refractivity contribution is 5.62. The Bertz CT molecular complexity index is 677. The maximum absolute atomic E-state index is 4.87. The van der Waals surface area contributed by atoms with Gasteiger partial charge in [0.25, 0.3) is 0 Å². The lowest BCUT2D eigenvalue weighted by Crippen LogP contribution is -2.14. The van der Waals surface area contributed by atoms with Crippen LogP contribution in [-0.2, 0) is 6.42 Å². The van der Waals surface area contributed by atoms with Crippen molar-refractivity contribution in [2.24, 2.45) is 5.92 Å². The molecular weight excluding hydrogens is 350 g/mol. The summed E-state index contributed by atoms with van der Waals surface area (Å²) in [6.07, 6.45) is 19.7. The molecule has 0 spiro atoms. The van der Waals surface area contributed by atoms with E-state index < -0.39 is 0 Å². The Morgan fingerprint density at radius 2 is 1.41 bits per heavy atom. The molecule has 0 amide bonds. The third kappa shape index (κ3) is 6.98. The number of unbranched alkanes of at least 4 members (excludes halogenated alkanes) is 5. The van der Waals surface area contributed by atoms with Gasteiger partial charge in [0.15, 0.2) is 0 Å². The van der Waals surface area contributed by atoms with Crippen LogP contribution in [0, 0.1) is 5.92 Å². The topological polar surface area (TPSA) is 12.9 Å². The van der Waals surface area contributed by atoms with Crippen LogP contribution in [0.3, 0.4) is 0 Å². The lowest BCUT2D eigenvalue weighted by Gasteiger charge is -2.28. The number of benzene rings is 1. The third-order valence-electron chi connectivity index (χ3n) is 6.87. The minimum absolute atomic E-state index is 0.678. The molecule has 1 saturated carbocycles. The first kappa shape index (κ1) is 22.1. The Labute approximate surface area is 179 Å². The number of rotatable bonds is 11. The van der Waals surface area contributed by atoms with E-state index >= 15 is 0 Å². The van der Waals surface area contributed by atoms with Crippen molar-refractivity contribution in [3.63, 3.8) is 0 Å². The van der Waals surface area contributed by atoms with Gasteiger partial charge in [-0.2, -0.15) is 0 Å². The number of nitrogens with zero attached hydrogens (tertiary/aromatic N) is 1. The summed E-state index contributed by atoms with van der Waals surface area (Å²) in [5, 5.41) is 0. The minimum atomic E-state index is 0.678. The highest BCUT2D eigenvalue weighted by Crippen LogP contribution is 2.37. The van der Waals surface area contributed by atoms with Crippen molar-refractivity contribution >= 4 is 0 Å². The van der Waals surface area contributed by atoms with Crippen LogP contribution < -0.4 is 0 Å². The standard InChI is InChI=1S/C28H41N/c1-3-5-7-9-11-24-12-16-25(17-13-24)27-20-21-28(29-22-27)26-18-14-23(15-19-26)10-8-6-4-2/h12-13,16-17,20-23,26H,3-11,14-15,18-19H2,1-2H3/t23-,26-. The fraction of sp³-hybridized carbons (Fsp3) is 0.607. The predicted molar refractivity (Wildman–Crippen MR) is 126 cm³/mol. The van der Waals surface area contributed by atoms with Crippen molar-refractivity contribution in [2.75, 3.05) is 0 Å². The molecule has 0 radical (unpaired) electrons. The predicted octanol–water partition coefficient (Wildman–Crippen LogP) is 8.73. The maximum Gasteiger partial charge on any atom is 0.0434 e. The van der Waals surface area contributed by atoms with Gasteiger partial charge in [-0.1, -0.05) is 89.1 Å². The van der Waals surface area contributed by atoms with Gasteiger partial charge in [-0.05, 0) is 61.6 Å². The molecule has 29 heavy (non-hydrogen) atoms. The largest absolute Gasteiger partial charge is 0.260 e. The van der Waals surface area contributed by atoms with Crippen LogP contribution in [0.25, 0.3) is 11.1 Å². The molecule has 1 aliphatic carbocycles. The summed E-state index contributed by atoms with van der Waals surface area (Å²) in [7, 11) is 0. The second-order valence-electron chi connectivity index (χ2n) is 9.19. The first-order chi connectivity index (χ1) is 14.3. The van der Waals surface area contributed by atoms with Gasteiger partial charge in [-0.3, -0.25) is 4.98 Å². The van der Waals surface area contributed by atoms with Crippen LogP contribution in [-0.4, -0.2) is 4.98 Å². The molecule has 1 heteroatoms. The molecule has 0 bridgehead atoms. The van der Waals surface area contributed by atoms with Crippen LogP contribution in [0.4, 0.5) is 0 Å². The monoisotopic (exact) mass is 391 g/mol. The van der Waals surface area contributed by atoms with Crippen molar-refractivity contribution in [3.05, 3.63) is 53.9 Å². The molecule has 158 valence electrons. The van der Waals surface area contributed by atoms with Crippen LogP contribution in [0.15, 0.2) is 42.6 Å². The van der Waals surface area contributed by atoms with Crippen molar-refractivity contribution in [1.29, 1.82) is 0 Å². The molecule has 2 aromatic rings. The quantitative estimate of drug-likeness (QED) is 0.349. The lowest BCUT2D eigenvalue weighted by molar-refractivity contribution is 0.300. The van der Waals surface area contributed by atoms with Gasteiger partial charge in [-0.15, -0.1) is 0 Å². The molecule has 0 atom stereocenters. The molecular formula is C28H41N. The van der Waals surface area contributed by atoms with E-state index in [0.29, 0.717) is 5.92 Å². The molecule has 0 N–H and O–H groups in total. The van der Waals surface area contributed by atoms with Gasteiger partial charge in [0, 0.05) is 23.4 Å². The fourth-order valence-corrected chi connectivity index (χ4v) is 4.87. The van der Waals surface area contributed by atoms with Crippen LogP contribution >= 0.6 is 0 Å². The number of hydrogen-bond donors (Lipinski definition) is 0. The number of hydrogen-bond acceptors (Lipinski definition) is 1. The van der Waals surface area contributed by atoms with Crippen molar-refractivity contribution in [1.82, 2.24) is 4.98 Å². The molecule has 1 aromatic carbocycles. The van der Waals surface area contributed by atoms with Gasteiger partial charge in [0.05, 0.1) is 0 Å². The van der Waals surface area contributed by atoms with E-state index in [1.54, 1.807) is 0 Å². The summed E-state index contributed by atoms with van der Waals surface area (Å²) in [5.74, 6) is 1.65. The molecule has 3 rings (SSSR count). The van der Waals surface area contributed by atoms with E-state index in [1.807, 2.05) is 0 Å². The van der Waals surface area contributed by atoms with E-state index in [4.69, 9.17) is 4.98 Å². The van der Waals surface area contributed by atoms with Crippen LogP contribution in [0.2, 0.25) is 0 Å². The molecule has 0 aliphatic heterocycles. The minimum Gasteiger partial charge on any atom is -0.260 e. The van der Waals surface area contributed by atoms with E-state index in [-0.39, 0.29) is 0 Å². The summed E-state index contributed by atoms with van der Waals surface area (Å²) >= 11 is 0. The molecule has 0 saturated heterocycles. The van der Waals surface area contributed by atoms with Gasteiger partial charge in [0.1, 0.15) is 0 Å². The highest BCUT2D eigenvalue weighted by Gasteiger charge is 2.22. The zero-order chi connectivity index (χ0) is 20.3. The van der Waals surface area contributed by atoms with Crippen LogP contribution in [0.5, 0.6) is 0 Å². The Kier molecular flexibility index (Phi) is 9.25.